The molecule has 1 fully saturated rings. The fourth-order valence-corrected chi connectivity index (χ4v) is 4.93. The van der Waals surface area contributed by atoms with E-state index < -0.39 is 32.9 Å². The molecule has 0 spiro atoms. The predicted molar refractivity (Wildman–Crippen MR) is 92.5 cm³/mol. The standard InChI is InChI=1S/C17H13BrF3NO3S/c1-16(11-7-3-2-4-8-11)14(12-9-5-6-10-13(12)18)22(15(16)23)26(24,25)17(19,20)21/h2-10,14H,1H3/t14-,16-/m1/s1. The zero-order valence-corrected chi connectivity index (χ0v) is 15.8. The van der Waals surface area contributed by atoms with Crippen molar-refractivity contribution in [2.45, 2.75) is 23.9 Å². The van der Waals surface area contributed by atoms with Gasteiger partial charge in [0, 0.05) is 4.47 Å². The summed E-state index contributed by atoms with van der Waals surface area (Å²) in [6.07, 6.45) is 0. The average molecular weight is 448 g/mol. The molecule has 1 heterocycles. The van der Waals surface area contributed by atoms with Gasteiger partial charge in [0.1, 0.15) is 0 Å². The number of benzene rings is 2. The Morgan fingerprint density at radius 3 is 2.12 bits per heavy atom. The number of hydrogen-bond donors (Lipinski definition) is 0. The molecule has 9 heteroatoms. The molecule has 1 aliphatic heterocycles. The van der Waals surface area contributed by atoms with Gasteiger partial charge < -0.3 is 0 Å². The van der Waals surface area contributed by atoms with E-state index in [9.17, 15) is 26.4 Å². The molecule has 0 radical (unpaired) electrons. The number of carbonyl (C=O) groups is 1. The summed E-state index contributed by atoms with van der Waals surface area (Å²) in [4.78, 5) is 12.7. The van der Waals surface area contributed by atoms with Gasteiger partial charge in [-0.2, -0.15) is 21.6 Å². The number of β-lactam (4-membered cyclic amide) rings is 1. The van der Waals surface area contributed by atoms with Gasteiger partial charge in [-0.05, 0) is 24.1 Å². The average Bonchev–Trinajstić information content (AvgIpc) is 2.59. The molecule has 1 amide bonds. The molecule has 0 aromatic heterocycles. The van der Waals surface area contributed by atoms with E-state index in [2.05, 4.69) is 15.9 Å². The molecule has 0 aliphatic carbocycles. The molecule has 0 saturated carbocycles. The van der Waals surface area contributed by atoms with Gasteiger partial charge in [0.15, 0.2) is 0 Å². The third-order valence-electron chi connectivity index (χ3n) is 4.55. The second kappa shape index (κ2) is 6.09. The number of nitrogens with zero attached hydrogens (tertiary/aromatic N) is 1. The fourth-order valence-electron chi connectivity index (χ4n) is 3.19. The zero-order chi connectivity index (χ0) is 19.3. The van der Waals surface area contributed by atoms with Gasteiger partial charge in [0.2, 0.25) is 5.91 Å². The Kier molecular flexibility index (Phi) is 4.43. The Bertz CT molecular complexity index is 963. The molecule has 1 saturated heterocycles. The number of carbonyl (C=O) groups excluding carboxylic acids is 1. The Labute approximate surface area is 156 Å². The number of hydrogen-bond acceptors (Lipinski definition) is 3. The first kappa shape index (κ1) is 18.9. The summed E-state index contributed by atoms with van der Waals surface area (Å²) in [5.74, 6) is -1.11. The van der Waals surface area contributed by atoms with E-state index in [1.807, 2.05) is 0 Å². The number of rotatable bonds is 3. The SMILES string of the molecule is C[C@]1(c2ccccc2)C(=O)N(S(=O)(=O)C(F)(F)F)[C@@H]1c1ccccc1Br. The van der Waals surface area contributed by atoms with Crippen molar-refractivity contribution < 1.29 is 26.4 Å². The second-order valence-electron chi connectivity index (χ2n) is 6.04. The van der Waals surface area contributed by atoms with Crippen molar-refractivity contribution in [3.8, 4) is 0 Å². The number of alkyl halides is 3. The van der Waals surface area contributed by atoms with Gasteiger partial charge in [-0.15, -0.1) is 0 Å². The molecule has 2 atom stereocenters. The molecule has 0 bridgehead atoms. The molecule has 138 valence electrons. The van der Waals surface area contributed by atoms with E-state index in [1.165, 1.54) is 13.0 Å². The van der Waals surface area contributed by atoms with Crippen LogP contribution < -0.4 is 0 Å². The summed E-state index contributed by atoms with van der Waals surface area (Å²) < 4.78 is 63.8. The summed E-state index contributed by atoms with van der Waals surface area (Å²) in [6, 6.07) is 13.2. The summed E-state index contributed by atoms with van der Waals surface area (Å²) in [6.45, 7) is 1.46. The largest absolute Gasteiger partial charge is 0.516 e. The summed E-state index contributed by atoms with van der Waals surface area (Å²) in [7, 11) is -5.82. The first-order valence-corrected chi connectivity index (χ1v) is 9.71. The Hall–Kier alpha value is -1.87. The summed E-state index contributed by atoms with van der Waals surface area (Å²) in [5.41, 5.74) is -6.28. The van der Waals surface area contributed by atoms with E-state index in [0.717, 1.165) is 0 Å². The van der Waals surface area contributed by atoms with Crippen molar-refractivity contribution in [3.63, 3.8) is 0 Å². The highest BCUT2D eigenvalue weighted by Crippen LogP contribution is 2.55. The van der Waals surface area contributed by atoms with Crippen LogP contribution in [0.4, 0.5) is 13.2 Å². The molecular weight excluding hydrogens is 435 g/mol. The molecular formula is C17H13BrF3NO3S. The van der Waals surface area contributed by atoms with Crippen LogP contribution >= 0.6 is 15.9 Å². The van der Waals surface area contributed by atoms with Crippen molar-refractivity contribution in [3.05, 3.63) is 70.2 Å². The lowest BCUT2D eigenvalue weighted by Gasteiger charge is -2.53. The fraction of sp³-hybridized carbons (Fsp3) is 0.235. The lowest BCUT2D eigenvalue weighted by Crippen LogP contribution is -2.68. The molecule has 0 N–H and O–H groups in total. The minimum Gasteiger partial charge on any atom is -0.273 e. The number of sulfonamides is 1. The van der Waals surface area contributed by atoms with Gasteiger partial charge in [0.05, 0.1) is 11.5 Å². The Morgan fingerprint density at radius 2 is 1.58 bits per heavy atom. The topological polar surface area (TPSA) is 54.5 Å². The molecule has 26 heavy (non-hydrogen) atoms. The second-order valence-corrected chi connectivity index (χ2v) is 8.70. The van der Waals surface area contributed by atoms with Crippen molar-refractivity contribution in [2.24, 2.45) is 0 Å². The minimum absolute atomic E-state index is 0.0555. The Morgan fingerprint density at radius 1 is 1.04 bits per heavy atom. The normalized spacial score (nSPS) is 23.7. The van der Waals surface area contributed by atoms with Crippen LogP contribution in [0, 0.1) is 0 Å². The van der Waals surface area contributed by atoms with E-state index in [0.29, 0.717) is 10.0 Å². The van der Waals surface area contributed by atoms with E-state index in [-0.39, 0.29) is 9.87 Å². The first-order chi connectivity index (χ1) is 12.0. The molecule has 4 nitrogen and oxygen atoms in total. The van der Waals surface area contributed by atoms with Crippen LogP contribution in [0.5, 0.6) is 0 Å². The van der Waals surface area contributed by atoms with Gasteiger partial charge >= 0.3 is 15.5 Å². The van der Waals surface area contributed by atoms with Crippen LogP contribution in [0.2, 0.25) is 0 Å². The van der Waals surface area contributed by atoms with Crippen molar-refractivity contribution in [2.75, 3.05) is 0 Å². The molecule has 0 unspecified atom stereocenters. The lowest BCUT2D eigenvalue weighted by atomic mass is 9.66. The monoisotopic (exact) mass is 447 g/mol. The van der Waals surface area contributed by atoms with E-state index in [1.54, 1.807) is 48.5 Å². The highest BCUT2D eigenvalue weighted by molar-refractivity contribution is 9.10. The number of amides is 1. The van der Waals surface area contributed by atoms with Crippen LogP contribution in [0.3, 0.4) is 0 Å². The van der Waals surface area contributed by atoms with Crippen LogP contribution in [0.1, 0.15) is 24.1 Å². The van der Waals surface area contributed by atoms with Crippen LogP contribution in [-0.2, 0) is 20.2 Å². The van der Waals surface area contributed by atoms with Crippen molar-refractivity contribution in [1.82, 2.24) is 4.31 Å². The summed E-state index contributed by atoms with van der Waals surface area (Å²) in [5, 5.41) is 0. The minimum atomic E-state index is -5.82. The highest BCUT2D eigenvalue weighted by atomic mass is 79.9. The smallest absolute Gasteiger partial charge is 0.273 e. The highest BCUT2D eigenvalue weighted by Gasteiger charge is 2.68. The number of halogens is 4. The first-order valence-electron chi connectivity index (χ1n) is 7.48. The van der Waals surface area contributed by atoms with Crippen molar-refractivity contribution >= 4 is 31.9 Å². The Balaban J connectivity index is 2.23. The van der Waals surface area contributed by atoms with Crippen LogP contribution in [0.15, 0.2) is 59.1 Å². The maximum absolute atomic E-state index is 13.1. The third-order valence-corrected chi connectivity index (χ3v) is 6.75. The van der Waals surface area contributed by atoms with Crippen LogP contribution in [-0.4, -0.2) is 24.1 Å². The van der Waals surface area contributed by atoms with Gasteiger partial charge in [-0.3, -0.25) is 4.79 Å². The predicted octanol–water partition coefficient (Wildman–Crippen LogP) is 4.14. The van der Waals surface area contributed by atoms with Gasteiger partial charge in [0.25, 0.3) is 0 Å². The quantitative estimate of drug-likeness (QED) is 0.664. The molecule has 1 aliphatic rings. The zero-order valence-electron chi connectivity index (χ0n) is 13.4. The van der Waals surface area contributed by atoms with E-state index in [4.69, 9.17) is 0 Å². The molecule has 2 aromatic carbocycles. The van der Waals surface area contributed by atoms with Gasteiger partial charge in [-0.25, -0.2) is 4.31 Å². The maximum Gasteiger partial charge on any atom is 0.516 e. The van der Waals surface area contributed by atoms with Crippen LogP contribution in [0.25, 0.3) is 0 Å². The summed E-state index contributed by atoms with van der Waals surface area (Å²) >= 11 is 3.25. The van der Waals surface area contributed by atoms with Gasteiger partial charge in [-0.1, -0.05) is 64.5 Å². The van der Waals surface area contributed by atoms with E-state index >= 15 is 0 Å². The maximum atomic E-state index is 13.1. The lowest BCUT2D eigenvalue weighted by molar-refractivity contribution is -0.152. The third kappa shape index (κ3) is 2.56. The molecule has 3 rings (SSSR count). The molecule has 2 aromatic rings. The van der Waals surface area contributed by atoms with Crippen molar-refractivity contribution in [1.29, 1.82) is 0 Å².